The molecule has 1 aromatic rings. The summed E-state index contributed by atoms with van der Waals surface area (Å²) in [6.45, 7) is 3.85. The molecule has 2 rings (SSSR count). The topological polar surface area (TPSA) is 43.3 Å². The van der Waals surface area contributed by atoms with Crippen LogP contribution < -0.4 is 15.5 Å². The van der Waals surface area contributed by atoms with E-state index in [4.69, 9.17) is 4.74 Å². The maximum Gasteiger partial charge on any atom is 0.223 e. The van der Waals surface area contributed by atoms with E-state index in [0.29, 0.717) is 5.75 Å². The van der Waals surface area contributed by atoms with Gasteiger partial charge in [-0.15, -0.1) is 0 Å². The molecule has 1 aromatic heterocycles. The zero-order valence-electron chi connectivity index (χ0n) is 9.82. The number of nitrogens with zero attached hydrogens (tertiary/aromatic N) is 1. The normalized spacial score (nSPS) is 17.4. The summed E-state index contributed by atoms with van der Waals surface area (Å²) in [5.41, 5.74) is 0.875. The monoisotopic (exact) mass is 222 g/mol. The summed E-state index contributed by atoms with van der Waals surface area (Å²) in [6.07, 6.45) is 3.89. The van der Waals surface area contributed by atoms with Crippen LogP contribution >= 0.6 is 0 Å². The Balaban J connectivity index is 2.20. The Morgan fingerprint density at radius 1 is 1.44 bits per heavy atom. The molecule has 4 nitrogen and oxygen atoms in total. The Kier molecular flexibility index (Phi) is 3.29. The van der Waals surface area contributed by atoms with Crippen LogP contribution in [0.15, 0.2) is 17.1 Å². The number of hydrogen-bond donors (Lipinski definition) is 1. The first-order valence-corrected chi connectivity index (χ1v) is 5.72. The van der Waals surface area contributed by atoms with Crippen LogP contribution in [-0.4, -0.2) is 23.8 Å². The number of hydrogen-bond acceptors (Lipinski definition) is 3. The van der Waals surface area contributed by atoms with E-state index in [1.165, 1.54) is 0 Å². The van der Waals surface area contributed by atoms with Crippen molar-refractivity contribution in [1.29, 1.82) is 0 Å². The Morgan fingerprint density at radius 3 is 2.81 bits per heavy atom. The molecule has 0 spiro atoms. The van der Waals surface area contributed by atoms with Gasteiger partial charge in [0.25, 0.3) is 0 Å². The lowest BCUT2D eigenvalue weighted by Crippen LogP contribution is -2.35. The zero-order chi connectivity index (χ0) is 11.5. The van der Waals surface area contributed by atoms with Gasteiger partial charge in [-0.1, -0.05) is 0 Å². The van der Waals surface area contributed by atoms with Gasteiger partial charge in [-0.25, -0.2) is 0 Å². The van der Waals surface area contributed by atoms with Crippen LogP contribution in [0.1, 0.15) is 18.5 Å². The lowest BCUT2D eigenvalue weighted by molar-refractivity contribution is 0.158. The zero-order valence-corrected chi connectivity index (χ0v) is 9.82. The molecular weight excluding hydrogens is 204 g/mol. The minimum absolute atomic E-state index is 0.0193. The molecule has 0 atom stereocenters. The SMILES string of the molecule is Cc1c(OC2CCNCC2)c(=O)ccn1C. The molecule has 0 saturated carbocycles. The summed E-state index contributed by atoms with van der Waals surface area (Å²) < 4.78 is 7.74. The summed E-state index contributed by atoms with van der Waals surface area (Å²) in [7, 11) is 1.92. The predicted molar refractivity (Wildman–Crippen MR) is 62.9 cm³/mol. The lowest BCUT2D eigenvalue weighted by atomic mass is 10.1. The molecule has 0 radical (unpaired) electrons. The molecular formula is C12H18N2O2. The highest BCUT2D eigenvalue weighted by Gasteiger charge is 2.17. The van der Waals surface area contributed by atoms with Crippen LogP contribution in [-0.2, 0) is 7.05 Å². The molecule has 1 aliphatic rings. The van der Waals surface area contributed by atoms with Gasteiger partial charge in [-0.2, -0.15) is 0 Å². The van der Waals surface area contributed by atoms with Crippen LogP contribution in [0, 0.1) is 6.92 Å². The van der Waals surface area contributed by atoms with Gasteiger partial charge in [0.15, 0.2) is 5.75 Å². The van der Waals surface area contributed by atoms with Gasteiger partial charge in [-0.05, 0) is 32.9 Å². The first-order chi connectivity index (χ1) is 7.68. The first-order valence-electron chi connectivity index (χ1n) is 5.72. The number of rotatable bonds is 2. The van der Waals surface area contributed by atoms with E-state index in [9.17, 15) is 4.79 Å². The van der Waals surface area contributed by atoms with Crippen molar-refractivity contribution in [2.75, 3.05) is 13.1 Å². The summed E-state index contributed by atoms with van der Waals surface area (Å²) in [5.74, 6) is 0.511. The highest BCUT2D eigenvalue weighted by atomic mass is 16.5. The highest BCUT2D eigenvalue weighted by Crippen LogP contribution is 2.16. The fourth-order valence-electron chi connectivity index (χ4n) is 1.93. The van der Waals surface area contributed by atoms with Crippen LogP contribution in [0.25, 0.3) is 0 Å². The van der Waals surface area contributed by atoms with Crippen LogP contribution in [0.2, 0.25) is 0 Å². The van der Waals surface area contributed by atoms with Crippen LogP contribution in [0.4, 0.5) is 0 Å². The van der Waals surface area contributed by atoms with E-state index in [1.807, 2.05) is 18.5 Å². The second-order valence-electron chi connectivity index (χ2n) is 4.27. The van der Waals surface area contributed by atoms with Crippen LogP contribution in [0.5, 0.6) is 5.75 Å². The van der Waals surface area contributed by atoms with Gasteiger partial charge in [0, 0.05) is 19.3 Å². The summed E-state index contributed by atoms with van der Waals surface area (Å²) in [5, 5.41) is 3.28. The van der Waals surface area contributed by atoms with Crippen molar-refractivity contribution < 1.29 is 4.74 Å². The van der Waals surface area contributed by atoms with Gasteiger partial charge in [0.1, 0.15) is 6.10 Å². The number of aryl methyl sites for hydroxylation is 1. The smallest absolute Gasteiger partial charge is 0.223 e. The van der Waals surface area contributed by atoms with Gasteiger partial charge in [-0.3, -0.25) is 4.79 Å². The molecule has 1 saturated heterocycles. The van der Waals surface area contributed by atoms with E-state index in [1.54, 1.807) is 12.3 Å². The summed E-state index contributed by atoms with van der Waals surface area (Å²) in [4.78, 5) is 11.7. The first kappa shape index (κ1) is 11.2. The Bertz CT molecular complexity index is 420. The molecule has 4 heteroatoms. The van der Waals surface area contributed by atoms with Gasteiger partial charge in [0.2, 0.25) is 5.43 Å². The highest BCUT2D eigenvalue weighted by molar-refractivity contribution is 5.27. The van der Waals surface area contributed by atoms with Crippen molar-refractivity contribution in [1.82, 2.24) is 9.88 Å². The number of pyridine rings is 1. The largest absolute Gasteiger partial charge is 0.484 e. The number of nitrogens with one attached hydrogen (secondary N) is 1. The average molecular weight is 222 g/mol. The third kappa shape index (κ3) is 2.27. The fraction of sp³-hybridized carbons (Fsp3) is 0.583. The number of ether oxygens (including phenoxy) is 1. The van der Waals surface area contributed by atoms with E-state index in [-0.39, 0.29) is 11.5 Å². The van der Waals surface area contributed by atoms with E-state index < -0.39 is 0 Å². The molecule has 1 fully saturated rings. The van der Waals surface area contributed by atoms with Crippen molar-refractivity contribution in [2.45, 2.75) is 25.9 Å². The minimum Gasteiger partial charge on any atom is -0.484 e. The molecule has 88 valence electrons. The molecule has 1 aliphatic heterocycles. The van der Waals surface area contributed by atoms with E-state index in [2.05, 4.69) is 5.32 Å². The molecule has 0 unspecified atom stereocenters. The second-order valence-corrected chi connectivity index (χ2v) is 4.27. The third-order valence-electron chi connectivity index (χ3n) is 3.10. The quantitative estimate of drug-likeness (QED) is 0.806. The van der Waals surface area contributed by atoms with Crippen molar-refractivity contribution in [3.8, 4) is 5.75 Å². The molecule has 2 heterocycles. The van der Waals surface area contributed by atoms with Gasteiger partial charge in [0.05, 0.1) is 5.69 Å². The molecule has 0 amide bonds. The predicted octanol–water partition coefficient (Wildman–Crippen LogP) is 0.825. The molecule has 0 aliphatic carbocycles. The van der Waals surface area contributed by atoms with Crippen molar-refractivity contribution >= 4 is 0 Å². The molecule has 16 heavy (non-hydrogen) atoms. The Hall–Kier alpha value is -1.29. The lowest BCUT2D eigenvalue weighted by Gasteiger charge is -2.24. The average Bonchev–Trinajstić information content (AvgIpc) is 2.31. The molecule has 0 aromatic carbocycles. The fourth-order valence-corrected chi connectivity index (χ4v) is 1.93. The standard InChI is InChI=1S/C12H18N2O2/c1-9-12(11(15)5-8-14(9)2)16-10-3-6-13-7-4-10/h5,8,10,13H,3-4,6-7H2,1-2H3. The summed E-state index contributed by atoms with van der Waals surface area (Å²) in [6, 6.07) is 1.56. The third-order valence-corrected chi connectivity index (χ3v) is 3.10. The maximum atomic E-state index is 11.7. The molecule has 0 bridgehead atoms. The maximum absolute atomic E-state index is 11.7. The van der Waals surface area contributed by atoms with Gasteiger partial charge < -0.3 is 14.6 Å². The van der Waals surface area contributed by atoms with Crippen LogP contribution in [0.3, 0.4) is 0 Å². The van der Waals surface area contributed by atoms with Crippen molar-refractivity contribution in [3.63, 3.8) is 0 Å². The van der Waals surface area contributed by atoms with Gasteiger partial charge >= 0.3 is 0 Å². The Morgan fingerprint density at radius 2 is 2.12 bits per heavy atom. The van der Waals surface area contributed by atoms with E-state index in [0.717, 1.165) is 31.6 Å². The Labute approximate surface area is 95.2 Å². The number of piperidine rings is 1. The summed E-state index contributed by atoms with van der Waals surface area (Å²) >= 11 is 0. The van der Waals surface area contributed by atoms with Crippen molar-refractivity contribution in [2.24, 2.45) is 7.05 Å². The second kappa shape index (κ2) is 4.70. The molecule has 1 N–H and O–H groups in total. The minimum atomic E-state index is -0.0193. The number of aromatic nitrogens is 1. The van der Waals surface area contributed by atoms with E-state index >= 15 is 0 Å². The van der Waals surface area contributed by atoms with Crippen molar-refractivity contribution in [3.05, 3.63) is 28.2 Å².